The standard InChI is InChI=1S/C6H13NO2.ClH/c1-3-4-5(2)6(8)7-9;/h5,9H,3-4H2,1-2H3,(H,7,8);1H. The Morgan fingerprint density at radius 2 is 2.20 bits per heavy atom. The van der Waals surface area contributed by atoms with Crippen LogP contribution in [0.25, 0.3) is 0 Å². The molecule has 4 heteroatoms. The van der Waals surface area contributed by atoms with E-state index < -0.39 is 0 Å². The van der Waals surface area contributed by atoms with E-state index in [1.807, 2.05) is 6.92 Å². The van der Waals surface area contributed by atoms with Gasteiger partial charge in [0.15, 0.2) is 0 Å². The van der Waals surface area contributed by atoms with E-state index in [9.17, 15) is 4.79 Å². The minimum atomic E-state index is -0.295. The summed E-state index contributed by atoms with van der Waals surface area (Å²) in [6.07, 6.45) is 1.79. The van der Waals surface area contributed by atoms with Crippen LogP contribution >= 0.6 is 12.4 Å². The van der Waals surface area contributed by atoms with Gasteiger partial charge in [-0.3, -0.25) is 10.0 Å². The first-order chi connectivity index (χ1) is 4.22. The number of hydroxylamine groups is 1. The molecule has 0 aliphatic rings. The lowest BCUT2D eigenvalue weighted by atomic mass is 10.1. The molecule has 0 aromatic rings. The third-order valence-electron chi connectivity index (χ3n) is 1.28. The molecule has 0 rings (SSSR count). The minimum Gasteiger partial charge on any atom is -0.289 e. The van der Waals surface area contributed by atoms with E-state index in [1.54, 1.807) is 12.4 Å². The maximum atomic E-state index is 10.5. The van der Waals surface area contributed by atoms with Crippen molar-refractivity contribution in [1.29, 1.82) is 0 Å². The van der Waals surface area contributed by atoms with Crippen molar-refractivity contribution < 1.29 is 10.0 Å². The van der Waals surface area contributed by atoms with Crippen LogP contribution in [-0.4, -0.2) is 11.1 Å². The lowest BCUT2D eigenvalue weighted by molar-refractivity contribution is -0.133. The van der Waals surface area contributed by atoms with Gasteiger partial charge in [0.05, 0.1) is 0 Å². The molecule has 1 unspecified atom stereocenters. The Kier molecular flexibility index (Phi) is 8.48. The van der Waals surface area contributed by atoms with E-state index in [2.05, 4.69) is 0 Å². The van der Waals surface area contributed by atoms with Crippen LogP contribution in [0.1, 0.15) is 26.7 Å². The molecule has 0 bridgehead atoms. The van der Waals surface area contributed by atoms with E-state index >= 15 is 0 Å². The van der Waals surface area contributed by atoms with Crippen LogP contribution in [0.15, 0.2) is 0 Å². The van der Waals surface area contributed by atoms with Crippen molar-refractivity contribution in [2.75, 3.05) is 0 Å². The molecule has 3 nitrogen and oxygen atoms in total. The molecule has 0 heterocycles. The molecule has 0 radical (unpaired) electrons. The predicted octanol–water partition coefficient (Wildman–Crippen LogP) is 1.35. The Bertz CT molecular complexity index is 97.7. The second-order valence-electron chi connectivity index (χ2n) is 2.17. The molecule has 0 aliphatic carbocycles. The van der Waals surface area contributed by atoms with Crippen LogP contribution in [0.2, 0.25) is 0 Å². The summed E-state index contributed by atoms with van der Waals surface area (Å²) in [5.41, 5.74) is 1.61. The lowest BCUT2D eigenvalue weighted by Crippen LogP contribution is -2.25. The quantitative estimate of drug-likeness (QED) is 0.493. The number of carbonyl (C=O) groups is 1. The van der Waals surface area contributed by atoms with Crippen LogP contribution in [0.4, 0.5) is 0 Å². The summed E-state index contributed by atoms with van der Waals surface area (Å²) in [4.78, 5) is 10.5. The Morgan fingerprint density at radius 3 is 2.50 bits per heavy atom. The second kappa shape index (κ2) is 6.83. The molecule has 0 saturated heterocycles. The highest BCUT2D eigenvalue weighted by Crippen LogP contribution is 2.03. The van der Waals surface area contributed by atoms with Gasteiger partial charge in [0.2, 0.25) is 5.91 Å². The number of nitrogens with one attached hydrogen (secondary N) is 1. The fourth-order valence-corrected chi connectivity index (χ4v) is 0.674. The zero-order valence-corrected chi connectivity index (χ0v) is 7.07. The fourth-order valence-electron chi connectivity index (χ4n) is 0.674. The summed E-state index contributed by atoms with van der Waals surface area (Å²) in [5.74, 6) is -0.364. The number of hydrogen-bond acceptors (Lipinski definition) is 2. The third kappa shape index (κ3) is 4.58. The van der Waals surface area contributed by atoms with Gasteiger partial charge in [-0.25, -0.2) is 5.48 Å². The highest BCUT2D eigenvalue weighted by molar-refractivity contribution is 5.85. The van der Waals surface area contributed by atoms with Crippen molar-refractivity contribution in [2.24, 2.45) is 5.92 Å². The fraction of sp³-hybridized carbons (Fsp3) is 0.833. The van der Waals surface area contributed by atoms with Gasteiger partial charge in [-0.1, -0.05) is 20.3 Å². The predicted molar refractivity (Wildman–Crippen MR) is 41.2 cm³/mol. The van der Waals surface area contributed by atoms with Gasteiger partial charge in [-0.05, 0) is 6.42 Å². The molecule has 62 valence electrons. The van der Waals surface area contributed by atoms with E-state index in [1.165, 1.54) is 0 Å². The summed E-state index contributed by atoms with van der Waals surface area (Å²) in [5, 5.41) is 8.13. The van der Waals surface area contributed by atoms with Crippen LogP contribution in [0.3, 0.4) is 0 Å². The van der Waals surface area contributed by atoms with E-state index in [0.29, 0.717) is 0 Å². The zero-order chi connectivity index (χ0) is 7.28. The van der Waals surface area contributed by atoms with Crippen molar-refractivity contribution in [3.8, 4) is 0 Å². The lowest BCUT2D eigenvalue weighted by Gasteiger charge is -2.05. The van der Waals surface area contributed by atoms with Gasteiger partial charge in [0.1, 0.15) is 0 Å². The SMILES string of the molecule is CCCC(C)C(=O)NO.Cl. The zero-order valence-electron chi connectivity index (χ0n) is 6.26. The summed E-state index contributed by atoms with van der Waals surface area (Å²) in [6, 6.07) is 0. The second-order valence-corrected chi connectivity index (χ2v) is 2.17. The van der Waals surface area contributed by atoms with Crippen molar-refractivity contribution in [3.63, 3.8) is 0 Å². The first-order valence-electron chi connectivity index (χ1n) is 3.16. The molecular weight excluding hydrogens is 154 g/mol. The highest BCUT2D eigenvalue weighted by Gasteiger charge is 2.08. The van der Waals surface area contributed by atoms with Crippen LogP contribution < -0.4 is 5.48 Å². The van der Waals surface area contributed by atoms with E-state index in [0.717, 1.165) is 12.8 Å². The van der Waals surface area contributed by atoms with Crippen LogP contribution in [-0.2, 0) is 4.79 Å². The Balaban J connectivity index is 0. The Morgan fingerprint density at radius 1 is 1.70 bits per heavy atom. The molecular formula is C6H14ClNO2. The number of carbonyl (C=O) groups excluding carboxylic acids is 1. The number of hydrogen-bond donors (Lipinski definition) is 2. The minimum absolute atomic E-state index is 0. The van der Waals surface area contributed by atoms with Gasteiger partial charge in [0.25, 0.3) is 0 Å². The van der Waals surface area contributed by atoms with Crippen molar-refractivity contribution in [2.45, 2.75) is 26.7 Å². The van der Waals surface area contributed by atoms with Crippen molar-refractivity contribution in [3.05, 3.63) is 0 Å². The average molecular weight is 168 g/mol. The normalized spacial score (nSPS) is 11.5. The van der Waals surface area contributed by atoms with Gasteiger partial charge in [-0.15, -0.1) is 12.4 Å². The summed E-state index contributed by atoms with van der Waals surface area (Å²) >= 11 is 0. The van der Waals surface area contributed by atoms with Crippen LogP contribution in [0.5, 0.6) is 0 Å². The molecule has 1 amide bonds. The van der Waals surface area contributed by atoms with E-state index in [4.69, 9.17) is 5.21 Å². The first kappa shape index (κ1) is 12.4. The molecule has 0 aromatic heterocycles. The van der Waals surface area contributed by atoms with E-state index in [-0.39, 0.29) is 24.2 Å². The number of amides is 1. The van der Waals surface area contributed by atoms with Crippen molar-refractivity contribution in [1.82, 2.24) is 5.48 Å². The molecule has 10 heavy (non-hydrogen) atoms. The molecule has 0 saturated carbocycles. The monoisotopic (exact) mass is 167 g/mol. The summed E-state index contributed by atoms with van der Waals surface area (Å²) in [6.45, 7) is 3.79. The molecule has 0 aliphatic heterocycles. The van der Waals surface area contributed by atoms with Gasteiger partial charge < -0.3 is 0 Å². The third-order valence-corrected chi connectivity index (χ3v) is 1.28. The molecule has 0 fully saturated rings. The van der Waals surface area contributed by atoms with Gasteiger partial charge in [0, 0.05) is 5.92 Å². The highest BCUT2D eigenvalue weighted by atomic mass is 35.5. The summed E-state index contributed by atoms with van der Waals surface area (Å²) < 4.78 is 0. The number of rotatable bonds is 3. The molecule has 1 atom stereocenters. The maximum absolute atomic E-state index is 10.5. The molecule has 0 aromatic carbocycles. The van der Waals surface area contributed by atoms with Gasteiger partial charge >= 0.3 is 0 Å². The maximum Gasteiger partial charge on any atom is 0.246 e. The smallest absolute Gasteiger partial charge is 0.246 e. The molecule has 0 spiro atoms. The molecule has 2 N–H and O–H groups in total. The largest absolute Gasteiger partial charge is 0.289 e. The van der Waals surface area contributed by atoms with Crippen LogP contribution in [0, 0.1) is 5.92 Å². The summed E-state index contributed by atoms with van der Waals surface area (Å²) in [7, 11) is 0. The Hall–Kier alpha value is -0.280. The van der Waals surface area contributed by atoms with Gasteiger partial charge in [-0.2, -0.15) is 0 Å². The average Bonchev–Trinajstić information content (AvgIpc) is 1.87. The Labute approximate surface area is 67.2 Å². The van der Waals surface area contributed by atoms with Crippen molar-refractivity contribution >= 4 is 18.3 Å². The topological polar surface area (TPSA) is 49.3 Å². The number of halogens is 1. The first-order valence-corrected chi connectivity index (χ1v) is 3.16.